The summed E-state index contributed by atoms with van der Waals surface area (Å²) in [5.74, 6) is 0. The molecule has 158 valence electrons. The Kier molecular flexibility index (Phi) is 16.6. The predicted octanol–water partition coefficient (Wildman–Crippen LogP) is 6.36. The number of fused-ring (bicyclic) bond motifs is 2. The molecule has 2 aliphatic carbocycles. The summed E-state index contributed by atoms with van der Waals surface area (Å²) in [7, 11) is 1.86. The molecule has 0 heterocycles. The standard InChI is InChI=1S/2C9H11.C7H7.2ClH.H2Si.Ti/c2*1-2-5-9-7-3-6-8(9)4-1;1-7-5-3-2-4-6-7;;;;/h2*3,6-7H,1-2,4-5H2;2-6H,1H2;2*1H;1H2;/q3*-1;;;;. The SMILES string of the molecule is Cl.Cl.[CH2-]c1ccccc1.[SiH2]=[Ti].c1cc2c([cH-]1)CCCC2.c1cc2c([cH-]1)CCCC2. The first-order valence-electron chi connectivity index (χ1n) is 10.0. The normalized spacial score (nSPS) is 12.9. The first kappa shape index (κ1) is 28.3. The van der Waals surface area contributed by atoms with E-state index in [1.165, 1.54) is 51.4 Å². The number of aryl methyl sites for hydroxylation is 4. The summed E-state index contributed by atoms with van der Waals surface area (Å²) in [6.07, 6.45) is 10.9. The van der Waals surface area contributed by atoms with Crippen molar-refractivity contribution in [3.8, 4) is 0 Å². The van der Waals surface area contributed by atoms with Crippen molar-refractivity contribution in [2.45, 2.75) is 51.4 Å². The molecule has 0 amide bonds. The molecule has 0 radical (unpaired) electrons. The van der Waals surface area contributed by atoms with E-state index >= 15 is 0 Å². The van der Waals surface area contributed by atoms with Crippen molar-refractivity contribution in [1.82, 2.24) is 0 Å². The zero-order chi connectivity index (χ0) is 19.3. The molecule has 0 spiro atoms. The predicted molar refractivity (Wildman–Crippen MR) is 131 cm³/mol. The van der Waals surface area contributed by atoms with E-state index in [0.717, 1.165) is 5.56 Å². The van der Waals surface area contributed by atoms with Gasteiger partial charge in [0.15, 0.2) is 0 Å². The van der Waals surface area contributed by atoms with E-state index in [0.29, 0.717) is 0 Å². The second-order valence-electron chi connectivity index (χ2n) is 7.05. The van der Waals surface area contributed by atoms with Crippen LogP contribution in [-0.4, -0.2) is 7.63 Å². The monoisotopic (exact) mass is 479 g/mol. The van der Waals surface area contributed by atoms with Gasteiger partial charge in [0, 0.05) is 0 Å². The van der Waals surface area contributed by atoms with Crippen LogP contribution in [0.4, 0.5) is 0 Å². The fourth-order valence-corrected chi connectivity index (χ4v) is 3.70. The summed E-state index contributed by atoms with van der Waals surface area (Å²) in [6, 6.07) is 23.3. The molecule has 0 aromatic heterocycles. The van der Waals surface area contributed by atoms with Crippen molar-refractivity contribution in [3.05, 3.63) is 101 Å². The molecule has 0 saturated heterocycles. The number of halogens is 2. The maximum atomic E-state index is 3.72. The Labute approximate surface area is 203 Å². The third-order valence-corrected chi connectivity index (χ3v) is 5.14. The molecule has 3 aromatic carbocycles. The van der Waals surface area contributed by atoms with Gasteiger partial charge in [0.25, 0.3) is 0 Å². The van der Waals surface area contributed by atoms with Gasteiger partial charge in [-0.2, -0.15) is 71.1 Å². The minimum atomic E-state index is 0. The van der Waals surface area contributed by atoms with Crippen LogP contribution in [0.25, 0.3) is 0 Å². The van der Waals surface area contributed by atoms with Gasteiger partial charge in [0.1, 0.15) is 0 Å². The van der Waals surface area contributed by atoms with E-state index in [1.54, 1.807) is 22.3 Å². The van der Waals surface area contributed by atoms with Crippen molar-refractivity contribution in [3.63, 3.8) is 0 Å². The maximum absolute atomic E-state index is 3.72. The van der Waals surface area contributed by atoms with Crippen LogP contribution in [-0.2, 0) is 44.9 Å². The Bertz CT molecular complexity index is 677. The molecule has 3 aromatic rings. The number of hydrogen-bond acceptors (Lipinski definition) is 0. The molecule has 0 atom stereocenters. The zero-order valence-electron chi connectivity index (χ0n) is 17.2. The molecule has 0 saturated carbocycles. The molecule has 0 nitrogen and oxygen atoms in total. The molecule has 0 N–H and O–H groups in total. The van der Waals surface area contributed by atoms with E-state index < -0.39 is 0 Å². The topological polar surface area (TPSA) is 0 Å². The van der Waals surface area contributed by atoms with E-state index in [1.807, 2.05) is 57.1 Å². The Hall–Kier alpha value is -0.699. The number of rotatable bonds is 0. The van der Waals surface area contributed by atoms with Gasteiger partial charge in [-0.15, -0.1) is 36.9 Å². The number of benzene rings is 1. The first-order valence-corrected chi connectivity index (χ1v) is 14.0. The summed E-state index contributed by atoms with van der Waals surface area (Å²) in [5, 5.41) is 0. The summed E-state index contributed by atoms with van der Waals surface area (Å²) in [6.45, 7) is 3.72. The molecular formula is C25H33Cl2SiTi-3. The van der Waals surface area contributed by atoms with Crippen LogP contribution < -0.4 is 0 Å². The third kappa shape index (κ3) is 10.2. The Morgan fingerprint density at radius 1 is 0.655 bits per heavy atom. The summed E-state index contributed by atoms with van der Waals surface area (Å²) >= 11 is 2.03. The summed E-state index contributed by atoms with van der Waals surface area (Å²) in [4.78, 5) is 0. The van der Waals surface area contributed by atoms with Crippen LogP contribution in [0.15, 0.2) is 66.7 Å². The van der Waals surface area contributed by atoms with Crippen LogP contribution in [0.3, 0.4) is 0 Å². The molecule has 2 aliphatic rings. The fraction of sp³-hybridized carbons (Fsp3) is 0.320. The van der Waals surface area contributed by atoms with Gasteiger partial charge in [-0.1, -0.05) is 57.4 Å². The second kappa shape index (κ2) is 17.0. The van der Waals surface area contributed by atoms with Gasteiger partial charge in [-0.05, 0) is 0 Å². The van der Waals surface area contributed by atoms with E-state index in [9.17, 15) is 0 Å². The molecule has 29 heavy (non-hydrogen) atoms. The molecule has 0 bridgehead atoms. The zero-order valence-corrected chi connectivity index (χ0v) is 21.8. The van der Waals surface area contributed by atoms with Gasteiger partial charge >= 0.3 is 26.8 Å². The van der Waals surface area contributed by atoms with E-state index in [-0.39, 0.29) is 24.8 Å². The summed E-state index contributed by atoms with van der Waals surface area (Å²) < 4.78 is 0. The Balaban J connectivity index is 0.000000379. The second-order valence-corrected chi connectivity index (χ2v) is 7.05. The van der Waals surface area contributed by atoms with E-state index in [4.69, 9.17) is 0 Å². The third-order valence-electron chi connectivity index (χ3n) is 5.14. The van der Waals surface area contributed by atoms with Crippen LogP contribution in [0, 0.1) is 6.92 Å². The average Bonchev–Trinajstić information content (AvgIpc) is 3.40. The smallest absolute Gasteiger partial charge is 0.0512 e. The largest absolute Gasteiger partial charge is 0.210 e. The molecule has 0 unspecified atom stereocenters. The van der Waals surface area contributed by atoms with Crippen LogP contribution >= 0.6 is 24.8 Å². The van der Waals surface area contributed by atoms with Crippen LogP contribution in [0.5, 0.6) is 0 Å². The molecular weight excluding hydrogens is 447 g/mol. The molecule has 5 rings (SSSR count). The molecule has 0 fully saturated rings. The average molecular weight is 480 g/mol. The van der Waals surface area contributed by atoms with Crippen molar-refractivity contribution >= 4 is 32.4 Å². The van der Waals surface area contributed by atoms with Gasteiger partial charge < -0.3 is 0 Å². The Morgan fingerprint density at radius 2 is 1.07 bits per heavy atom. The van der Waals surface area contributed by atoms with Gasteiger partial charge in [0.2, 0.25) is 0 Å². The van der Waals surface area contributed by atoms with Gasteiger partial charge in [0.05, 0.1) is 0 Å². The van der Waals surface area contributed by atoms with Gasteiger partial charge in [-0.3, -0.25) is 0 Å². The number of hydrogen-bond donors (Lipinski definition) is 0. The molecule has 4 heteroatoms. The minimum Gasteiger partial charge on any atom is -0.210 e. The molecule has 0 aliphatic heterocycles. The van der Waals surface area contributed by atoms with Crippen molar-refractivity contribution in [2.24, 2.45) is 0 Å². The fourth-order valence-electron chi connectivity index (χ4n) is 3.70. The first-order chi connectivity index (χ1) is 13.3. The minimum absolute atomic E-state index is 0. The van der Waals surface area contributed by atoms with Crippen LogP contribution in [0.2, 0.25) is 0 Å². The Morgan fingerprint density at radius 3 is 1.41 bits per heavy atom. The van der Waals surface area contributed by atoms with Gasteiger partial charge in [-0.25, -0.2) is 12.1 Å². The van der Waals surface area contributed by atoms with E-state index in [2.05, 4.69) is 43.3 Å². The quantitative estimate of drug-likeness (QED) is 0.259. The maximum Gasteiger partial charge on any atom is -0.0512 e. The van der Waals surface area contributed by atoms with Crippen molar-refractivity contribution in [1.29, 1.82) is 0 Å². The van der Waals surface area contributed by atoms with Crippen molar-refractivity contribution < 1.29 is 19.2 Å². The van der Waals surface area contributed by atoms with Crippen molar-refractivity contribution in [2.75, 3.05) is 0 Å². The van der Waals surface area contributed by atoms with Crippen LogP contribution in [0.1, 0.15) is 53.5 Å². The summed E-state index contributed by atoms with van der Waals surface area (Å²) in [5.41, 5.74) is 7.47.